The Kier molecular flexibility index (Phi) is 3.96. The van der Waals surface area contributed by atoms with Gasteiger partial charge in [0.15, 0.2) is 0 Å². The maximum atomic E-state index is 13.0. The Hall–Kier alpha value is -3.19. The SMILES string of the molecule is Cc1cc2c(=O)n(C3CCNC3)ccc2nc1-c1cc2cn(C)nc2c(C)c1O. The van der Waals surface area contributed by atoms with Crippen molar-refractivity contribution < 1.29 is 5.11 Å². The molecule has 3 aromatic heterocycles. The number of pyridine rings is 2. The molecule has 5 rings (SSSR count). The van der Waals surface area contributed by atoms with Gasteiger partial charge in [-0.2, -0.15) is 5.10 Å². The number of hydrogen-bond acceptors (Lipinski definition) is 5. The van der Waals surface area contributed by atoms with E-state index in [1.807, 2.05) is 56.1 Å². The van der Waals surface area contributed by atoms with E-state index in [2.05, 4.69) is 10.4 Å². The number of nitrogens with zero attached hydrogens (tertiary/aromatic N) is 4. The topological polar surface area (TPSA) is 85.0 Å². The average molecular weight is 389 g/mol. The molecule has 1 saturated heterocycles. The van der Waals surface area contributed by atoms with Crippen LogP contribution in [-0.4, -0.2) is 37.5 Å². The van der Waals surface area contributed by atoms with Crippen LogP contribution in [0.15, 0.2) is 35.4 Å². The first-order valence-corrected chi connectivity index (χ1v) is 9.83. The van der Waals surface area contributed by atoms with Crippen LogP contribution in [0.25, 0.3) is 33.1 Å². The average Bonchev–Trinajstić information content (AvgIpc) is 3.35. The number of aryl methyl sites for hydroxylation is 3. The lowest BCUT2D eigenvalue weighted by atomic mass is 9.99. The lowest BCUT2D eigenvalue weighted by molar-refractivity contribution is 0.474. The monoisotopic (exact) mass is 389 g/mol. The Balaban J connectivity index is 1.71. The van der Waals surface area contributed by atoms with Gasteiger partial charge in [-0.25, -0.2) is 4.98 Å². The second kappa shape index (κ2) is 6.42. The van der Waals surface area contributed by atoms with Crippen molar-refractivity contribution in [2.24, 2.45) is 7.05 Å². The fraction of sp³-hybridized carbons (Fsp3) is 0.318. The number of aromatic hydroxyl groups is 1. The predicted octanol–water partition coefficient (Wildman–Crippen LogP) is 2.81. The third-order valence-electron chi connectivity index (χ3n) is 5.91. The van der Waals surface area contributed by atoms with E-state index in [-0.39, 0.29) is 17.4 Å². The van der Waals surface area contributed by atoms with Gasteiger partial charge in [-0.05, 0) is 50.6 Å². The highest BCUT2D eigenvalue weighted by Crippen LogP contribution is 2.37. The van der Waals surface area contributed by atoms with Crippen LogP contribution in [0.5, 0.6) is 5.75 Å². The molecule has 1 fully saturated rings. The van der Waals surface area contributed by atoms with E-state index in [0.717, 1.165) is 41.5 Å². The summed E-state index contributed by atoms with van der Waals surface area (Å²) in [5.74, 6) is 0.177. The molecule has 0 radical (unpaired) electrons. The van der Waals surface area contributed by atoms with Gasteiger partial charge in [-0.3, -0.25) is 9.48 Å². The number of benzene rings is 1. The molecule has 148 valence electrons. The number of hydrogen-bond donors (Lipinski definition) is 2. The van der Waals surface area contributed by atoms with E-state index in [4.69, 9.17) is 4.98 Å². The number of rotatable bonds is 2. The largest absolute Gasteiger partial charge is 0.507 e. The van der Waals surface area contributed by atoms with Crippen LogP contribution in [0.2, 0.25) is 0 Å². The minimum Gasteiger partial charge on any atom is -0.507 e. The molecular weight excluding hydrogens is 366 g/mol. The highest BCUT2D eigenvalue weighted by Gasteiger charge is 2.20. The molecule has 7 heteroatoms. The maximum absolute atomic E-state index is 13.0. The zero-order chi connectivity index (χ0) is 20.3. The molecule has 1 aliphatic rings. The summed E-state index contributed by atoms with van der Waals surface area (Å²) in [6, 6.07) is 5.88. The first kappa shape index (κ1) is 17.9. The summed E-state index contributed by atoms with van der Waals surface area (Å²) in [5, 5.41) is 20.1. The van der Waals surface area contributed by atoms with Crippen LogP contribution >= 0.6 is 0 Å². The Bertz CT molecular complexity index is 1330. The van der Waals surface area contributed by atoms with Crippen LogP contribution in [0.3, 0.4) is 0 Å². The first-order chi connectivity index (χ1) is 13.9. The normalized spacial score (nSPS) is 16.9. The van der Waals surface area contributed by atoms with Crippen molar-refractivity contribution in [3.8, 4) is 17.0 Å². The first-order valence-electron chi connectivity index (χ1n) is 9.83. The fourth-order valence-electron chi connectivity index (χ4n) is 4.34. The number of fused-ring (bicyclic) bond motifs is 2. The van der Waals surface area contributed by atoms with Gasteiger partial charge in [0.25, 0.3) is 5.56 Å². The smallest absolute Gasteiger partial charge is 0.260 e. The van der Waals surface area contributed by atoms with Gasteiger partial charge in [0.1, 0.15) is 5.75 Å². The molecule has 0 bridgehead atoms. The molecule has 4 heterocycles. The minimum absolute atomic E-state index is 0.0125. The van der Waals surface area contributed by atoms with Gasteiger partial charge < -0.3 is 15.0 Å². The quantitative estimate of drug-likeness (QED) is 0.551. The standard InChI is InChI=1S/C22H23N5O2/c1-12-8-16-18(5-7-27(22(16)29)15-4-6-23-10-15)24-19(12)17-9-14-11-26(3)25-20(14)13(2)21(17)28/h5,7-9,11,15,23,28H,4,6,10H2,1-3H3. The summed E-state index contributed by atoms with van der Waals surface area (Å²) in [4.78, 5) is 17.8. The van der Waals surface area contributed by atoms with Crippen molar-refractivity contribution >= 4 is 21.8 Å². The predicted molar refractivity (Wildman–Crippen MR) is 113 cm³/mol. The third-order valence-corrected chi connectivity index (χ3v) is 5.91. The molecule has 1 aromatic carbocycles. The summed E-state index contributed by atoms with van der Waals surface area (Å²) in [7, 11) is 1.86. The zero-order valence-electron chi connectivity index (χ0n) is 16.7. The molecule has 7 nitrogen and oxygen atoms in total. The number of phenols is 1. The zero-order valence-corrected chi connectivity index (χ0v) is 16.7. The number of nitrogens with one attached hydrogen (secondary N) is 1. The van der Waals surface area contributed by atoms with E-state index >= 15 is 0 Å². The molecule has 1 atom stereocenters. The van der Waals surface area contributed by atoms with Crippen molar-refractivity contribution in [2.45, 2.75) is 26.3 Å². The lowest BCUT2D eigenvalue weighted by Gasteiger charge is -2.15. The molecule has 0 aliphatic carbocycles. The van der Waals surface area contributed by atoms with E-state index in [1.54, 1.807) is 4.68 Å². The molecule has 0 amide bonds. The van der Waals surface area contributed by atoms with Gasteiger partial charge in [-0.1, -0.05) is 0 Å². The molecule has 1 aliphatic heterocycles. The van der Waals surface area contributed by atoms with Gasteiger partial charge in [-0.15, -0.1) is 0 Å². The van der Waals surface area contributed by atoms with Gasteiger partial charge in [0, 0.05) is 42.5 Å². The van der Waals surface area contributed by atoms with E-state index in [0.29, 0.717) is 22.2 Å². The van der Waals surface area contributed by atoms with Crippen molar-refractivity contribution in [2.75, 3.05) is 13.1 Å². The van der Waals surface area contributed by atoms with Crippen LogP contribution in [0, 0.1) is 13.8 Å². The van der Waals surface area contributed by atoms with Crippen molar-refractivity contribution in [1.82, 2.24) is 24.6 Å². The molecule has 0 spiro atoms. The van der Waals surface area contributed by atoms with Crippen molar-refractivity contribution in [3.63, 3.8) is 0 Å². The van der Waals surface area contributed by atoms with Crippen LogP contribution in [0.1, 0.15) is 23.6 Å². The Labute approximate surface area is 167 Å². The van der Waals surface area contributed by atoms with Crippen molar-refractivity contribution in [1.29, 1.82) is 0 Å². The molecule has 0 saturated carbocycles. The second-order valence-electron chi connectivity index (χ2n) is 7.90. The van der Waals surface area contributed by atoms with E-state index in [1.165, 1.54) is 0 Å². The summed E-state index contributed by atoms with van der Waals surface area (Å²) in [6.07, 6.45) is 4.72. The highest BCUT2D eigenvalue weighted by molar-refractivity contribution is 5.92. The van der Waals surface area contributed by atoms with Gasteiger partial charge in [0.2, 0.25) is 0 Å². The fourth-order valence-corrected chi connectivity index (χ4v) is 4.34. The molecule has 4 aromatic rings. The Morgan fingerprint density at radius 3 is 2.86 bits per heavy atom. The maximum Gasteiger partial charge on any atom is 0.260 e. The van der Waals surface area contributed by atoms with Crippen molar-refractivity contribution in [3.05, 3.63) is 52.1 Å². The number of phenolic OH excluding ortho intramolecular Hbond substituents is 1. The van der Waals surface area contributed by atoms with E-state index < -0.39 is 0 Å². The van der Waals surface area contributed by atoms with E-state index in [9.17, 15) is 9.90 Å². The molecular formula is C22H23N5O2. The van der Waals surface area contributed by atoms with Crippen LogP contribution in [0.4, 0.5) is 0 Å². The van der Waals surface area contributed by atoms with Gasteiger partial charge in [0.05, 0.1) is 28.2 Å². The van der Waals surface area contributed by atoms with Crippen LogP contribution in [-0.2, 0) is 7.05 Å². The summed E-state index contributed by atoms with van der Waals surface area (Å²) in [6.45, 7) is 5.53. The van der Waals surface area contributed by atoms with Crippen LogP contribution < -0.4 is 10.9 Å². The Morgan fingerprint density at radius 2 is 2.10 bits per heavy atom. The highest BCUT2D eigenvalue weighted by atomic mass is 16.3. The summed E-state index contributed by atoms with van der Waals surface area (Å²) in [5.41, 5.74) is 4.33. The second-order valence-corrected chi connectivity index (χ2v) is 7.90. The lowest BCUT2D eigenvalue weighted by Crippen LogP contribution is -2.26. The third kappa shape index (κ3) is 2.73. The molecule has 1 unspecified atom stereocenters. The summed E-state index contributed by atoms with van der Waals surface area (Å²) >= 11 is 0. The minimum atomic E-state index is -0.0125. The Morgan fingerprint density at radius 1 is 1.28 bits per heavy atom. The van der Waals surface area contributed by atoms with Gasteiger partial charge >= 0.3 is 0 Å². The molecule has 2 N–H and O–H groups in total. The number of aromatic nitrogens is 4. The summed E-state index contributed by atoms with van der Waals surface area (Å²) < 4.78 is 3.55. The molecule has 29 heavy (non-hydrogen) atoms.